The highest BCUT2D eigenvalue weighted by Crippen LogP contribution is 2.32. The summed E-state index contributed by atoms with van der Waals surface area (Å²) in [5.74, 6) is 2.03. The zero-order valence-electron chi connectivity index (χ0n) is 14.2. The highest BCUT2D eigenvalue weighted by Gasteiger charge is 2.09. The van der Waals surface area contributed by atoms with Gasteiger partial charge in [0.05, 0.1) is 19.9 Å². The molecule has 0 saturated heterocycles. The predicted octanol–water partition coefficient (Wildman–Crippen LogP) is 5.76. The summed E-state index contributed by atoms with van der Waals surface area (Å²) >= 11 is 13.7. The largest absolute Gasteiger partial charge is 0.493 e. The Hall–Kier alpha value is -1.95. The van der Waals surface area contributed by atoms with E-state index >= 15 is 0 Å². The molecule has 0 amide bonds. The summed E-state index contributed by atoms with van der Waals surface area (Å²) in [7, 11) is 3.21. The number of nitrogens with zero attached hydrogens (tertiary/aromatic N) is 2. The smallest absolute Gasteiger partial charge is 0.161 e. The van der Waals surface area contributed by atoms with Crippen molar-refractivity contribution in [2.45, 2.75) is 10.8 Å². The summed E-state index contributed by atoms with van der Waals surface area (Å²) < 4.78 is 10.6. The maximum atomic E-state index is 6.20. The molecule has 0 fully saturated rings. The Bertz CT molecular complexity index is 905. The van der Waals surface area contributed by atoms with Crippen LogP contribution >= 0.6 is 35.0 Å². The second kappa shape index (κ2) is 8.62. The minimum absolute atomic E-state index is 0.628. The van der Waals surface area contributed by atoms with Crippen LogP contribution in [0.2, 0.25) is 10.0 Å². The van der Waals surface area contributed by atoms with Gasteiger partial charge in [0.15, 0.2) is 11.5 Å². The molecule has 2 aromatic carbocycles. The zero-order valence-corrected chi connectivity index (χ0v) is 16.5. The van der Waals surface area contributed by atoms with Gasteiger partial charge in [-0.25, -0.2) is 0 Å². The lowest BCUT2D eigenvalue weighted by atomic mass is 10.1. The second-order valence-corrected chi connectivity index (χ2v) is 7.19. The fourth-order valence-electron chi connectivity index (χ4n) is 2.34. The van der Waals surface area contributed by atoms with E-state index in [0.717, 1.165) is 21.8 Å². The molecule has 0 aliphatic heterocycles. The SMILES string of the molecule is COc1ccc(-c2ccc(SCc3ccc(Cl)cc3Cl)nn2)cc1OC. The normalized spacial score (nSPS) is 10.6. The molecule has 3 aromatic rings. The second-order valence-electron chi connectivity index (χ2n) is 5.35. The maximum Gasteiger partial charge on any atom is 0.161 e. The summed E-state index contributed by atoms with van der Waals surface area (Å²) in [4.78, 5) is 0. The van der Waals surface area contributed by atoms with Crippen LogP contribution < -0.4 is 9.47 Å². The number of thioether (sulfide) groups is 1. The van der Waals surface area contributed by atoms with E-state index in [1.807, 2.05) is 42.5 Å². The third-order valence-electron chi connectivity index (χ3n) is 3.71. The van der Waals surface area contributed by atoms with Crippen LogP contribution in [-0.4, -0.2) is 24.4 Å². The van der Waals surface area contributed by atoms with Gasteiger partial charge in [-0.1, -0.05) is 41.0 Å². The lowest BCUT2D eigenvalue weighted by Crippen LogP contribution is -1.93. The molecule has 1 heterocycles. The molecular formula is C19H16Cl2N2O2S. The van der Waals surface area contributed by atoms with E-state index < -0.39 is 0 Å². The minimum Gasteiger partial charge on any atom is -0.493 e. The summed E-state index contributed by atoms with van der Waals surface area (Å²) in [6.07, 6.45) is 0. The van der Waals surface area contributed by atoms with Gasteiger partial charge in [0.1, 0.15) is 5.03 Å². The number of rotatable bonds is 6. The molecule has 0 bridgehead atoms. The van der Waals surface area contributed by atoms with Crippen molar-refractivity contribution in [3.8, 4) is 22.8 Å². The number of halogens is 2. The quantitative estimate of drug-likeness (QED) is 0.486. The first-order chi connectivity index (χ1) is 12.6. The van der Waals surface area contributed by atoms with Gasteiger partial charge in [-0.2, -0.15) is 0 Å². The van der Waals surface area contributed by atoms with Crippen molar-refractivity contribution in [3.05, 3.63) is 64.1 Å². The van der Waals surface area contributed by atoms with Crippen LogP contribution in [0.5, 0.6) is 11.5 Å². The summed E-state index contributed by atoms with van der Waals surface area (Å²) in [5, 5.41) is 10.7. The van der Waals surface area contributed by atoms with Gasteiger partial charge in [0.25, 0.3) is 0 Å². The average Bonchev–Trinajstić information content (AvgIpc) is 2.67. The van der Waals surface area contributed by atoms with Gasteiger partial charge in [0, 0.05) is 21.4 Å². The van der Waals surface area contributed by atoms with Crippen LogP contribution in [0.3, 0.4) is 0 Å². The van der Waals surface area contributed by atoms with Crippen LogP contribution in [0.4, 0.5) is 0 Å². The van der Waals surface area contributed by atoms with Crippen LogP contribution in [-0.2, 0) is 5.75 Å². The fourth-order valence-corrected chi connectivity index (χ4v) is 3.71. The van der Waals surface area contributed by atoms with Crippen molar-refractivity contribution in [1.29, 1.82) is 0 Å². The molecule has 134 valence electrons. The molecule has 0 N–H and O–H groups in total. The average molecular weight is 407 g/mol. The molecular weight excluding hydrogens is 391 g/mol. The van der Waals surface area contributed by atoms with Gasteiger partial charge in [-0.15, -0.1) is 10.2 Å². The molecule has 0 radical (unpaired) electrons. The van der Waals surface area contributed by atoms with E-state index in [1.54, 1.807) is 32.0 Å². The highest BCUT2D eigenvalue weighted by atomic mass is 35.5. The van der Waals surface area contributed by atoms with Crippen molar-refractivity contribution in [3.63, 3.8) is 0 Å². The van der Waals surface area contributed by atoms with E-state index in [0.29, 0.717) is 27.3 Å². The molecule has 0 unspecified atom stereocenters. The highest BCUT2D eigenvalue weighted by molar-refractivity contribution is 7.98. The van der Waals surface area contributed by atoms with Gasteiger partial charge in [0.2, 0.25) is 0 Å². The summed E-state index contributed by atoms with van der Waals surface area (Å²) in [5.41, 5.74) is 2.68. The molecule has 0 aliphatic rings. The van der Waals surface area contributed by atoms with Crippen LogP contribution in [0.25, 0.3) is 11.3 Å². The Labute approximate surface area is 166 Å². The topological polar surface area (TPSA) is 44.2 Å². The first-order valence-corrected chi connectivity index (χ1v) is 9.47. The monoisotopic (exact) mass is 406 g/mol. The predicted molar refractivity (Wildman–Crippen MR) is 107 cm³/mol. The van der Waals surface area contributed by atoms with Crippen LogP contribution in [0.15, 0.2) is 53.6 Å². The fraction of sp³-hybridized carbons (Fsp3) is 0.158. The number of methoxy groups -OCH3 is 2. The van der Waals surface area contributed by atoms with E-state index in [-0.39, 0.29) is 0 Å². The number of hydrogen-bond acceptors (Lipinski definition) is 5. The third kappa shape index (κ3) is 4.41. The molecule has 4 nitrogen and oxygen atoms in total. The van der Waals surface area contributed by atoms with Gasteiger partial charge < -0.3 is 9.47 Å². The first kappa shape index (κ1) is 18.8. The van der Waals surface area contributed by atoms with Gasteiger partial charge in [-0.3, -0.25) is 0 Å². The third-order valence-corrected chi connectivity index (χ3v) is 5.27. The van der Waals surface area contributed by atoms with Crippen molar-refractivity contribution >= 4 is 35.0 Å². The van der Waals surface area contributed by atoms with Gasteiger partial charge >= 0.3 is 0 Å². The van der Waals surface area contributed by atoms with Crippen molar-refractivity contribution in [1.82, 2.24) is 10.2 Å². The Morgan fingerprint density at radius 2 is 1.69 bits per heavy atom. The molecule has 0 saturated carbocycles. The molecule has 26 heavy (non-hydrogen) atoms. The maximum absolute atomic E-state index is 6.20. The standard InChI is InChI=1S/C19H16Cl2N2O2S/c1-24-17-7-4-12(9-18(17)25-2)16-6-8-19(23-22-16)26-11-13-3-5-14(20)10-15(13)21/h3-10H,11H2,1-2H3. The Morgan fingerprint density at radius 1 is 0.885 bits per heavy atom. The molecule has 7 heteroatoms. The Balaban J connectivity index is 1.72. The van der Waals surface area contributed by atoms with Crippen molar-refractivity contribution in [2.24, 2.45) is 0 Å². The zero-order chi connectivity index (χ0) is 18.5. The Kier molecular flexibility index (Phi) is 6.25. The summed E-state index contributed by atoms with van der Waals surface area (Å²) in [6.45, 7) is 0. The number of benzene rings is 2. The van der Waals surface area contributed by atoms with Crippen LogP contribution in [0.1, 0.15) is 5.56 Å². The number of aromatic nitrogens is 2. The molecule has 0 aliphatic carbocycles. The number of ether oxygens (including phenoxy) is 2. The van der Waals surface area contributed by atoms with E-state index in [2.05, 4.69) is 10.2 Å². The molecule has 0 spiro atoms. The first-order valence-electron chi connectivity index (χ1n) is 7.73. The minimum atomic E-state index is 0.628. The molecule has 0 atom stereocenters. The molecule has 1 aromatic heterocycles. The van der Waals surface area contributed by atoms with Crippen LogP contribution in [0, 0.1) is 0 Å². The van der Waals surface area contributed by atoms with E-state index in [9.17, 15) is 0 Å². The van der Waals surface area contributed by atoms with Crippen molar-refractivity contribution < 1.29 is 9.47 Å². The van der Waals surface area contributed by atoms with Crippen molar-refractivity contribution in [2.75, 3.05) is 14.2 Å². The van der Waals surface area contributed by atoms with E-state index in [4.69, 9.17) is 32.7 Å². The molecule has 3 rings (SSSR count). The Morgan fingerprint density at radius 3 is 2.35 bits per heavy atom. The number of hydrogen-bond donors (Lipinski definition) is 0. The summed E-state index contributed by atoms with van der Waals surface area (Å²) in [6, 6.07) is 15.0. The van der Waals surface area contributed by atoms with Gasteiger partial charge in [-0.05, 0) is 48.0 Å². The van der Waals surface area contributed by atoms with E-state index in [1.165, 1.54) is 0 Å². The lowest BCUT2D eigenvalue weighted by Gasteiger charge is -2.09. The lowest BCUT2D eigenvalue weighted by molar-refractivity contribution is 0.355.